The highest BCUT2D eigenvalue weighted by Crippen LogP contribution is 2.23. The average Bonchev–Trinajstić information content (AvgIpc) is 2.93. The predicted octanol–water partition coefficient (Wildman–Crippen LogP) is 2.00. The number of ether oxygens (including phenoxy) is 1. The zero-order valence-electron chi connectivity index (χ0n) is 21.1. The van der Waals surface area contributed by atoms with Crippen LogP contribution in [0.25, 0.3) is 0 Å². The fourth-order valence-electron chi connectivity index (χ4n) is 4.22. The molecule has 1 saturated heterocycles. The lowest BCUT2D eigenvalue weighted by Crippen LogP contribution is -2.35. The third kappa shape index (κ3) is 7.75. The normalized spacial score (nSPS) is 15.5. The van der Waals surface area contributed by atoms with Crippen LogP contribution in [0.1, 0.15) is 40.8 Å². The number of H-pyrrole nitrogens is 1. The van der Waals surface area contributed by atoms with Gasteiger partial charge in [0, 0.05) is 55.7 Å². The maximum absolute atomic E-state index is 11.8. The van der Waals surface area contributed by atoms with E-state index in [0.717, 1.165) is 49.5 Å². The van der Waals surface area contributed by atoms with Crippen molar-refractivity contribution in [1.82, 2.24) is 20.2 Å². The molecule has 0 saturated carbocycles. The van der Waals surface area contributed by atoms with Crippen molar-refractivity contribution in [2.45, 2.75) is 31.8 Å². The van der Waals surface area contributed by atoms with Gasteiger partial charge in [0.1, 0.15) is 0 Å². The van der Waals surface area contributed by atoms with Crippen molar-refractivity contribution in [1.29, 1.82) is 0 Å². The summed E-state index contributed by atoms with van der Waals surface area (Å²) in [5.41, 5.74) is 3.94. The van der Waals surface area contributed by atoms with Crippen LogP contribution in [-0.2, 0) is 17.7 Å². The Balaban J connectivity index is 1.43. The molecule has 0 bridgehead atoms. The van der Waals surface area contributed by atoms with Crippen LogP contribution in [-0.4, -0.2) is 70.6 Å². The zero-order chi connectivity index (χ0) is 26.0. The molecule has 2 atom stereocenters. The van der Waals surface area contributed by atoms with E-state index in [1.807, 2.05) is 31.2 Å². The molecule has 0 aliphatic carbocycles. The fourth-order valence-corrected chi connectivity index (χ4v) is 4.22. The second-order valence-electron chi connectivity index (χ2n) is 9.38. The predicted molar refractivity (Wildman–Crippen MR) is 142 cm³/mol. The van der Waals surface area contributed by atoms with Gasteiger partial charge in [-0.1, -0.05) is 36.1 Å². The molecule has 3 aromatic rings. The summed E-state index contributed by atoms with van der Waals surface area (Å²) < 4.78 is 5.42. The van der Waals surface area contributed by atoms with Crippen molar-refractivity contribution in [2.24, 2.45) is 0 Å². The van der Waals surface area contributed by atoms with Gasteiger partial charge in [-0.25, -0.2) is 4.98 Å². The lowest BCUT2D eigenvalue weighted by molar-refractivity contribution is 0.0342. The first-order valence-electron chi connectivity index (χ1n) is 12.6. The number of morpholine rings is 1. The SMILES string of the molecule is C[C@H](CO)NC[C@@H](Cc1nc[nH]c(=O)c1O)c1ccc(C#Cc2ccc(CN3CCOCC3)cc2)cc1. The van der Waals surface area contributed by atoms with Crippen LogP contribution in [0, 0.1) is 11.8 Å². The molecule has 37 heavy (non-hydrogen) atoms. The van der Waals surface area contributed by atoms with E-state index in [1.165, 1.54) is 11.9 Å². The summed E-state index contributed by atoms with van der Waals surface area (Å²) in [5.74, 6) is 6.05. The maximum Gasteiger partial charge on any atom is 0.293 e. The Morgan fingerprint density at radius 2 is 1.73 bits per heavy atom. The standard InChI is InChI=1S/C29H34N4O4/c1-21(19-34)30-17-26(16-27-28(35)29(36)32-20-31-27)25-10-8-23(9-11-25)3-2-22-4-6-24(7-5-22)18-33-12-14-37-15-13-33/h4-11,20-21,26,30,34-35H,12-19H2,1H3,(H,31,32,36)/t21-,26-/m1/s1. The van der Waals surface area contributed by atoms with Crippen molar-refractivity contribution in [2.75, 3.05) is 39.5 Å². The quantitative estimate of drug-likeness (QED) is 0.331. The van der Waals surface area contributed by atoms with Crippen LogP contribution < -0.4 is 10.9 Å². The number of hydrogen-bond donors (Lipinski definition) is 4. The van der Waals surface area contributed by atoms with E-state index in [0.29, 0.717) is 18.7 Å². The molecule has 0 unspecified atom stereocenters. The van der Waals surface area contributed by atoms with Gasteiger partial charge in [-0.15, -0.1) is 0 Å². The Morgan fingerprint density at radius 1 is 1.08 bits per heavy atom. The number of aliphatic hydroxyl groups is 1. The lowest BCUT2D eigenvalue weighted by Gasteiger charge is -2.26. The van der Waals surface area contributed by atoms with Gasteiger partial charge in [-0.05, 0) is 42.3 Å². The van der Waals surface area contributed by atoms with E-state index in [9.17, 15) is 15.0 Å². The van der Waals surface area contributed by atoms with Crippen LogP contribution in [0.4, 0.5) is 0 Å². The highest BCUT2D eigenvalue weighted by Gasteiger charge is 2.18. The monoisotopic (exact) mass is 502 g/mol. The van der Waals surface area contributed by atoms with Crippen LogP contribution >= 0.6 is 0 Å². The minimum atomic E-state index is -0.555. The molecule has 8 nitrogen and oxygen atoms in total. The smallest absolute Gasteiger partial charge is 0.293 e. The molecule has 1 fully saturated rings. The number of aromatic amines is 1. The van der Waals surface area contributed by atoms with Crippen molar-refractivity contribution in [3.05, 3.63) is 93.2 Å². The van der Waals surface area contributed by atoms with Gasteiger partial charge in [0.05, 0.1) is 31.8 Å². The van der Waals surface area contributed by atoms with E-state index in [-0.39, 0.29) is 24.3 Å². The number of rotatable bonds is 9. The molecule has 4 N–H and O–H groups in total. The van der Waals surface area contributed by atoms with Crippen LogP contribution in [0.2, 0.25) is 0 Å². The van der Waals surface area contributed by atoms with E-state index in [4.69, 9.17) is 4.74 Å². The molecule has 8 heteroatoms. The van der Waals surface area contributed by atoms with Crippen LogP contribution in [0.15, 0.2) is 59.7 Å². The summed E-state index contributed by atoms with van der Waals surface area (Å²) in [6.07, 6.45) is 1.68. The first kappa shape index (κ1) is 26.6. The van der Waals surface area contributed by atoms with Gasteiger partial charge in [-0.2, -0.15) is 0 Å². The second-order valence-corrected chi connectivity index (χ2v) is 9.38. The second kappa shape index (κ2) is 13.2. The van der Waals surface area contributed by atoms with E-state index in [1.54, 1.807) is 0 Å². The summed E-state index contributed by atoms with van der Waals surface area (Å²) >= 11 is 0. The molecule has 4 rings (SSSR count). The number of aromatic hydroxyl groups is 1. The summed E-state index contributed by atoms with van der Waals surface area (Å²) in [6, 6.07) is 16.3. The first-order chi connectivity index (χ1) is 18.0. The van der Waals surface area contributed by atoms with Gasteiger partial charge in [-0.3, -0.25) is 9.69 Å². The molecule has 194 valence electrons. The first-order valence-corrected chi connectivity index (χ1v) is 12.6. The molecule has 0 radical (unpaired) electrons. The Hall–Kier alpha value is -3.48. The Morgan fingerprint density at radius 3 is 2.38 bits per heavy atom. The molecule has 2 aromatic carbocycles. The van der Waals surface area contributed by atoms with Crippen LogP contribution in [0.5, 0.6) is 5.75 Å². The molecule has 0 amide bonds. The van der Waals surface area contributed by atoms with E-state index >= 15 is 0 Å². The molecular formula is C29H34N4O4. The molecule has 1 aromatic heterocycles. The molecule has 2 heterocycles. The number of benzene rings is 2. The Labute approximate surface area is 217 Å². The third-order valence-corrected chi connectivity index (χ3v) is 6.53. The fraction of sp³-hybridized carbons (Fsp3) is 0.379. The average molecular weight is 503 g/mol. The van der Waals surface area contributed by atoms with Gasteiger partial charge in [0.25, 0.3) is 5.56 Å². The van der Waals surface area contributed by atoms with Crippen molar-refractivity contribution in [3.8, 4) is 17.6 Å². The van der Waals surface area contributed by atoms with Crippen molar-refractivity contribution >= 4 is 0 Å². The van der Waals surface area contributed by atoms with Gasteiger partial charge in [0.15, 0.2) is 0 Å². The number of nitrogens with zero attached hydrogens (tertiary/aromatic N) is 2. The third-order valence-electron chi connectivity index (χ3n) is 6.53. The topological polar surface area (TPSA) is 111 Å². The minimum Gasteiger partial charge on any atom is -0.502 e. The van der Waals surface area contributed by atoms with Gasteiger partial charge >= 0.3 is 0 Å². The van der Waals surface area contributed by atoms with Gasteiger partial charge in [0.2, 0.25) is 5.75 Å². The van der Waals surface area contributed by atoms with Crippen molar-refractivity contribution in [3.63, 3.8) is 0 Å². The summed E-state index contributed by atoms with van der Waals surface area (Å²) in [7, 11) is 0. The number of aromatic nitrogens is 2. The molecule has 0 spiro atoms. The van der Waals surface area contributed by atoms with Crippen LogP contribution in [0.3, 0.4) is 0 Å². The zero-order valence-corrected chi connectivity index (χ0v) is 21.1. The Bertz CT molecular complexity index is 1260. The summed E-state index contributed by atoms with van der Waals surface area (Å²) in [4.78, 5) is 20.7. The largest absolute Gasteiger partial charge is 0.502 e. The number of aliphatic hydroxyl groups excluding tert-OH is 1. The highest BCUT2D eigenvalue weighted by atomic mass is 16.5. The van der Waals surface area contributed by atoms with E-state index in [2.05, 4.69) is 56.3 Å². The summed E-state index contributed by atoms with van der Waals surface area (Å²) in [5, 5.41) is 22.8. The minimum absolute atomic E-state index is 0.0178. The van der Waals surface area contributed by atoms with Gasteiger partial charge < -0.3 is 25.3 Å². The molecule has 1 aliphatic rings. The highest BCUT2D eigenvalue weighted by molar-refractivity contribution is 5.44. The molecular weight excluding hydrogens is 468 g/mol. The maximum atomic E-state index is 11.8. The van der Waals surface area contributed by atoms with Crippen molar-refractivity contribution < 1.29 is 14.9 Å². The lowest BCUT2D eigenvalue weighted by atomic mass is 9.92. The molecule has 1 aliphatic heterocycles. The Kier molecular flexibility index (Phi) is 9.46. The number of nitrogens with one attached hydrogen (secondary N) is 2. The number of hydrogen-bond acceptors (Lipinski definition) is 7. The summed E-state index contributed by atoms with van der Waals surface area (Å²) in [6.45, 7) is 6.93. The van der Waals surface area contributed by atoms with E-state index < -0.39 is 5.56 Å².